The van der Waals surface area contributed by atoms with Gasteiger partial charge in [0.15, 0.2) is 5.65 Å². The van der Waals surface area contributed by atoms with Crippen molar-refractivity contribution in [2.24, 2.45) is 12.5 Å². The summed E-state index contributed by atoms with van der Waals surface area (Å²) >= 11 is 0. The highest BCUT2D eigenvalue weighted by molar-refractivity contribution is 5.82. The molecule has 0 atom stereocenters. The van der Waals surface area contributed by atoms with Crippen molar-refractivity contribution < 1.29 is 4.39 Å². The first-order valence-corrected chi connectivity index (χ1v) is 11.3. The lowest BCUT2D eigenvalue weighted by atomic mass is 9.60. The van der Waals surface area contributed by atoms with Crippen LogP contribution in [0.25, 0.3) is 16.6 Å². The molecule has 1 aromatic carbocycles. The van der Waals surface area contributed by atoms with Crippen LogP contribution in [-0.4, -0.2) is 62.0 Å². The topological polar surface area (TPSA) is 54.5 Å². The molecule has 166 valence electrons. The van der Waals surface area contributed by atoms with Gasteiger partial charge in [0.2, 0.25) is 0 Å². The summed E-state index contributed by atoms with van der Waals surface area (Å²) < 4.78 is 17.8. The van der Waals surface area contributed by atoms with Crippen LogP contribution in [0.1, 0.15) is 24.8 Å². The third-order valence-corrected chi connectivity index (χ3v) is 7.53. The molecule has 1 saturated heterocycles. The van der Waals surface area contributed by atoms with Crippen LogP contribution in [0, 0.1) is 11.2 Å². The van der Waals surface area contributed by atoms with E-state index in [1.54, 1.807) is 4.40 Å². The maximum atomic E-state index is 14.3. The number of nitrogens with zero attached hydrogens (tertiary/aromatic N) is 7. The Balaban J connectivity index is 0.991. The van der Waals surface area contributed by atoms with E-state index in [1.807, 2.05) is 24.0 Å². The van der Waals surface area contributed by atoms with E-state index in [4.69, 9.17) is 0 Å². The van der Waals surface area contributed by atoms with Gasteiger partial charge in [-0.15, -0.1) is 10.2 Å². The van der Waals surface area contributed by atoms with Crippen LogP contribution >= 0.6 is 0 Å². The van der Waals surface area contributed by atoms with E-state index in [9.17, 15) is 4.39 Å². The minimum Gasteiger partial charge on any atom is -0.372 e. The molecule has 4 heterocycles. The predicted molar refractivity (Wildman–Crippen MR) is 122 cm³/mol. The molecule has 0 N–H and O–H groups in total. The Labute approximate surface area is 186 Å². The predicted octanol–water partition coefficient (Wildman–Crippen LogP) is 3.29. The van der Waals surface area contributed by atoms with Crippen LogP contribution < -0.4 is 4.90 Å². The molecule has 1 spiro atoms. The zero-order valence-corrected chi connectivity index (χ0v) is 18.6. The van der Waals surface area contributed by atoms with Crippen LogP contribution in [0.3, 0.4) is 0 Å². The van der Waals surface area contributed by atoms with Gasteiger partial charge in [0.05, 0.1) is 11.7 Å². The number of aromatic nitrogens is 5. The first-order valence-electron chi connectivity index (χ1n) is 11.3. The largest absolute Gasteiger partial charge is 0.372 e. The van der Waals surface area contributed by atoms with Crippen LogP contribution in [0.15, 0.2) is 43.0 Å². The molecule has 7 nitrogen and oxygen atoms in total. The van der Waals surface area contributed by atoms with Crippen LogP contribution in [0.4, 0.5) is 10.1 Å². The molecule has 2 fully saturated rings. The summed E-state index contributed by atoms with van der Waals surface area (Å²) in [5.74, 6) is -0.174. The molecule has 0 amide bonds. The number of rotatable bonds is 6. The summed E-state index contributed by atoms with van der Waals surface area (Å²) in [6.45, 7) is 3.37. The highest BCUT2D eigenvalue weighted by atomic mass is 19.1. The Bertz CT molecular complexity index is 1280. The second-order valence-electron chi connectivity index (χ2n) is 9.74. The number of benzene rings is 1. The number of halogens is 1. The fourth-order valence-electron chi connectivity index (χ4n) is 5.66. The Kier molecular flexibility index (Phi) is 4.47. The number of fused-ring (bicyclic) bond motifs is 2. The Morgan fingerprint density at radius 2 is 2.06 bits per heavy atom. The van der Waals surface area contributed by atoms with Gasteiger partial charge in [-0.25, -0.2) is 4.39 Å². The lowest BCUT2D eigenvalue weighted by Gasteiger charge is -2.61. The maximum absolute atomic E-state index is 14.3. The number of pyridine rings is 1. The number of likely N-dealkylation sites (tertiary alicyclic amines) is 1. The van der Waals surface area contributed by atoms with Gasteiger partial charge in [0.25, 0.3) is 0 Å². The summed E-state index contributed by atoms with van der Waals surface area (Å²) in [6.07, 6.45) is 9.12. The summed E-state index contributed by atoms with van der Waals surface area (Å²) in [6, 6.07) is 9.04. The number of hydrogen-bond acceptors (Lipinski definition) is 5. The molecular formula is C24H28FN7. The second kappa shape index (κ2) is 7.27. The molecule has 6 rings (SSSR count). The minimum atomic E-state index is -0.174. The number of hydrogen-bond donors (Lipinski definition) is 0. The molecule has 1 aliphatic heterocycles. The second-order valence-corrected chi connectivity index (χ2v) is 9.74. The first-order chi connectivity index (χ1) is 15.5. The molecular weight excluding hydrogens is 405 g/mol. The van der Waals surface area contributed by atoms with Gasteiger partial charge in [-0.05, 0) is 67.5 Å². The third kappa shape index (κ3) is 3.24. The lowest BCUT2D eigenvalue weighted by Crippen LogP contribution is -2.66. The van der Waals surface area contributed by atoms with Gasteiger partial charge < -0.3 is 9.80 Å². The molecule has 3 aromatic heterocycles. The van der Waals surface area contributed by atoms with Crippen molar-refractivity contribution in [2.45, 2.75) is 31.7 Å². The van der Waals surface area contributed by atoms with Crippen LogP contribution in [-0.2, 0) is 13.5 Å². The van der Waals surface area contributed by atoms with E-state index in [-0.39, 0.29) is 5.82 Å². The molecule has 2 aliphatic rings. The van der Waals surface area contributed by atoms with E-state index < -0.39 is 0 Å². The summed E-state index contributed by atoms with van der Waals surface area (Å²) in [7, 11) is 4.21. The zero-order chi connectivity index (χ0) is 21.9. The molecule has 4 aromatic rings. The maximum Gasteiger partial charge on any atom is 0.161 e. The highest BCUT2D eigenvalue weighted by Crippen LogP contribution is 2.50. The van der Waals surface area contributed by atoms with Gasteiger partial charge in [-0.3, -0.25) is 9.08 Å². The lowest BCUT2D eigenvalue weighted by molar-refractivity contribution is -0.0715. The van der Waals surface area contributed by atoms with Gasteiger partial charge in [0, 0.05) is 50.5 Å². The van der Waals surface area contributed by atoms with Crippen molar-refractivity contribution in [3.63, 3.8) is 0 Å². The average molecular weight is 434 g/mol. The first kappa shape index (κ1) is 19.7. The Morgan fingerprint density at radius 1 is 1.22 bits per heavy atom. The molecule has 0 bridgehead atoms. The van der Waals surface area contributed by atoms with Gasteiger partial charge >= 0.3 is 0 Å². The Hall–Kier alpha value is -3.00. The smallest absolute Gasteiger partial charge is 0.161 e. The SMILES string of the molecule is CN(c1ccc2cnn(C)c2c1)C1CC2(C1)CN(CCCc1cc3nncn3cc1F)C2. The van der Waals surface area contributed by atoms with Crippen LogP contribution in [0.5, 0.6) is 0 Å². The van der Waals surface area contributed by atoms with Crippen LogP contribution in [0.2, 0.25) is 0 Å². The van der Waals surface area contributed by atoms with Crippen molar-refractivity contribution in [1.29, 1.82) is 0 Å². The summed E-state index contributed by atoms with van der Waals surface area (Å²) in [5, 5.41) is 13.4. The van der Waals surface area contributed by atoms with E-state index in [0.29, 0.717) is 17.1 Å². The molecule has 32 heavy (non-hydrogen) atoms. The average Bonchev–Trinajstić information content (AvgIpc) is 3.33. The van der Waals surface area contributed by atoms with Crippen molar-refractivity contribution in [2.75, 3.05) is 31.6 Å². The van der Waals surface area contributed by atoms with Gasteiger partial charge in [0.1, 0.15) is 12.1 Å². The highest BCUT2D eigenvalue weighted by Gasteiger charge is 2.52. The molecule has 8 heteroatoms. The standard InChI is InChI=1S/C24H28FN7/c1-29(19-6-5-18-12-27-30(2)22(18)9-19)20-10-24(11-20)14-31(15-24)7-3-4-17-8-23-28-26-16-32(23)13-21(17)25/h5-6,8-9,12-13,16,20H,3-4,7,10-11,14-15H2,1-2H3. The van der Waals surface area contributed by atoms with E-state index in [0.717, 1.165) is 24.9 Å². The normalized spacial score (nSPS) is 18.3. The minimum absolute atomic E-state index is 0.174. The van der Waals surface area contributed by atoms with E-state index in [2.05, 4.69) is 50.3 Å². The molecule has 1 aliphatic carbocycles. The quantitative estimate of drug-likeness (QED) is 0.467. The van der Waals surface area contributed by atoms with E-state index in [1.165, 1.54) is 55.0 Å². The van der Waals surface area contributed by atoms with Crippen molar-refractivity contribution >= 4 is 22.2 Å². The number of aryl methyl sites for hydroxylation is 2. The summed E-state index contributed by atoms with van der Waals surface area (Å²) in [5.41, 5.74) is 4.37. The van der Waals surface area contributed by atoms with Crippen molar-refractivity contribution in [1.82, 2.24) is 29.3 Å². The van der Waals surface area contributed by atoms with E-state index >= 15 is 0 Å². The number of anilines is 1. The van der Waals surface area contributed by atoms with Crippen molar-refractivity contribution in [3.05, 3.63) is 54.4 Å². The fraction of sp³-hybridized carbons (Fsp3) is 0.458. The molecule has 0 radical (unpaired) electrons. The zero-order valence-electron chi connectivity index (χ0n) is 18.6. The fourth-order valence-corrected chi connectivity index (χ4v) is 5.66. The molecule has 1 saturated carbocycles. The van der Waals surface area contributed by atoms with Gasteiger partial charge in [-0.1, -0.05) is 0 Å². The Morgan fingerprint density at radius 3 is 2.91 bits per heavy atom. The van der Waals surface area contributed by atoms with Gasteiger partial charge in [-0.2, -0.15) is 5.10 Å². The third-order valence-electron chi connectivity index (χ3n) is 7.53. The van der Waals surface area contributed by atoms with Crippen molar-refractivity contribution in [3.8, 4) is 0 Å². The monoisotopic (exact) mass is 433 g/mol. The summed E-state index contributed by atoms with van der Waals surface area (Å²) in [4.78, 5) is 4.95. The molecule has 0 unspecified atom stereocenters.